The number of halogens is 3. The lowest BCUT2D eigenvalue weighted by Crippen LogP contribution is -2.22. The normalized spacial score (nSPS) is 11.7. The Morgan fingerprint density at radius 1 is 0.897 bits per heavy atom. The lowest BCUT2D eigenvalue weighted by molar-refractivity contribution is -0.137. The van der Waals surface area contributed by atoms with Gasteiger partial charge in [-0.2, -0.15) is 13.2 Å². The largest absolute Gasteiger partial charge is 0.484 e. The minimum absolute atomic E-state index is 0.0283. The van der Waals surface area contributed by atoms with E-state index in [1.54, 1.807) is 12.1 Å². The highest BCUT2D eigenvalue weighted by atomic mass is 19.4. The maximum Gasteiger partial charge on any atom is 0.416 e. The van der Waals surface area contributed by atoms with Gasteiger partial charge >= 0.3 is 6.18 Å². The van der Waals surface area contributed by atoms with Crippen molar-refractivity contribution >= 4 is 23.2 Å². The van der Waals surface area contributed by atoms with Crippen LogP contribution in [0.3, 0.4) is 0 Å². The fourth-order valence-corrected chi connectivity index (χ4v) is 2.51. The summed E-state index contributed by atoms with van der Waals surface area (Å²) < 4.78 is 44.3. The Kier molecular flexibility index (Phi) is 6.56. The minimum Gasteiger partial charge on any atom is -0.484 e. The summed E-state index contributed by atoms with van der Waals surface area (Å²) in [5.41, 5.74) is 0.0263. The van der Waals surface area contributed by atoms with Crippen molar-refractivity contribution in [3.05, 3.63) is 53.6 Å². The maximum atomic E-state index is 13.0. The van der Waals surface area contributed by atoms with E-state index in [4.69, 9.17) is 4.74 Å². The second-order valence-electron chi connectivity index (χ2n) is 7.55. The summed E-state index contributed by atoms with van der Waals surface area (Å²) in [5.74, 6) is -0.675. The minimum atomic E-state index is -4.58. The molecule has 2 N–H and O–H groups in total. The van der Waals surface area contributed by atoms with E-state index in [1.165, 1.54) is 6.92 Å². The number of rotatable bonds is 5. The Morgan fingerprint density at radius 2 is 1.48 bits per heavy atom. The van der Waals surface area contributed by atoms with Gasteiger partial charge in [-0.05, 0) is 41.3 Å². The van der Waals surface area contributed by atoms with Crippen LogP contribution in [0.1, 0.15) is 38.8 Å². The first-order valence-corrected chi connectivity index (χ1v) is 8.88. The molecule has 2 aromatic carbocycles. The van der Waals surface area contributed by atoms with Crippen molar-refractivity contribution in [3.8, 4) is 5.75 Å². The third-order valence-electron chi connectivity index (χ3n) is 4.02. The number of nitrogens with one attached hydrogen (secondary N) is 2. The van der Waals surface area contributed by atoms with Crippen molar-refractivity contribution < 1.29 is 27.5 Å². The van der Waals surface area contributed by atoms with Crippen LogP contribution in [-0.2, 0) is 21.2 Å². The molecule has 2 rings (SSSR count). The predicted molar refractivity (Wildman–Crippen MR) is 105 cm³/mol. The summed E-state index contributed by atoms with van der Waals surface area (Å²) in [4.78, 5) is 23.5. The van der Waals surface area contributed by atoms with Gasteiger partial charge in [0.15, 0.2) is 6.61 Å². The molecule has 0 aromatic heterocycles. The molecule has 0 bridgehead atoms. The van der Waals surface area contributed by atoms with Crippen molar-refractivity contribution in [1.29, 1.82) is 0 Å². The van der Waals surface area contributed by atoms with E-state index in [-0.39, 0.29) is 16.8 Å². The van der Waals surface area contributed by atoms with Crippen LogP contribution in [0.5, 0.6) is 5.75 Å². The molecular formula is C21H23F3N2O3. The van der Waals surface area contributed by atoms with E-state index >= 15 is 0 Å². The molecule has 0 spiro atoms. The number of ether oxygens (including phenoxy) is 1. The van der Waals surface area contributed by atoms with Gasteiger partial charge in [-0.3, -0.25) is 9.59 Å². The number of carbonyl (C=O) groups is 2. The van der Waals surface area contributed by atoms with Crippen molar-refractivity contribution in [3.63, 3.8) is 0 Å². The molecule has 156 valence electrons. The first-order valence-electron chi connectivity index (χ1n) is 8.88. The lowest BCUT2D eigenvalue weighted by Gasteiger charge is -2.19. The summed E-state index contributed by atoms with van der Waals surface area (Å²) in [6.07, 6.45) is -4.58. The number of hydrogen-bond acceptors (Lipinski definition) is 3. The van der Waals surface area contributed by atoms with Gasteiger partial charge in [0.25, 0.3) is 5.91 Å². The third kappa shape index (κ3) is 6.51. The molecule has 0 radical (unpaired) electrons. The molecule has 0 heterocycles. The van der Waals surface area contributed by atoms with Crippen LogP contribution >= 0.6 is 0 Å². The van der Waals surface area contributed by atoms with Crippen molar-refractivity contribution in [2.75, 3.05) is 17.2 Å². The van der Waals surface area contributed by atoms with Gasteiger partial charge in [-0.1, -0.05) is 32.9 Å². The zero-order chi connectivity index (χ0) is 21.8. The molecule has 5 nitrogen and oxygen atoms in total. The number of hydrogen-bond donors (Lipinski definition) is 2. The first-order chi connectivity index (χ1) is 13.4. The molecular weight excluding hydrogens is 385 g/mol. The Bertz CT molecular complexity index is 886. The molecule has 2 aromatic rings. The van der Waals surface area contributed by atoms with Crippen LogP contribution in [0, 0.1) is 0 Å². The summed E-state index contributed by atoms with van der Waals surface area (Å²) in [6.45, 7) is 7.02. The van der Waals surface area contributed by atoms with Crippen LogP contribution in [0.15, 0.2) is 42.5 Å². The summed E-state index contributed by atoms with van der Waals surface area (Å²) in [7, 11) is 0. The average molecular weight is 408 g/mol. The van der Waals surface area contributed by atoms with E-state index in [1.807, 2.05) is 12.1 Å². The standard InChI is InChI=1S/C21H23F3N2O3/c1-13(27)25-17-10-7-15(21(22,23)24)11-18(17)26-19(28)12-29-16-8-5-14(6-9-16)20(2,3)4/h5-11H,12H2,1-4H3,(H,25,27)(H,26,28). The highest BCUT2D eigenvalue weighted by Crippen LogP contribution is 2.34. The molecule has 0 unspecified atom stereocenters. The van der Waals surface area contributed by atoms with Crippen molar-refractivity contribution in [2.24, 2.45) is 0 Å². The monoisotopic (exact) mass is 408 g/mol. The smallest absolute Gasteiger partial charge is 0.416 e. The van der Waals surface area contributed by atoms with Crippen LogP contribution < -0.4 is 15.4 Å². The van der Waals surface area contributed by atoms with Crippen LogP contribution in [0.2, 0.25) is 0 Å². The van der Waals surface area contributed by atoms with Gasteiger partial charge in [0.05, 0.1) is 16.9 Å². The number of anilines is 2. The zero-order valence-corrected chi connectivity index (χ0v) is 16.6. The molecule has 0 aliphatic rings. The van der Waals surface area contributed by atoms with E-state index in [0.29, 0.717) is 5.75 Å². The number of benzene rings is 2. The van der Waals surface area contributed by atoms with Gasteiger partial charge in [-0.15, -0.1) is 0 Å². The Morgan fingerprint density at radius 3 is 2.00 bits per heavy atom. The molecule has 0 aliphatic heterocycles. The fraction of sp³-hybridized carbons (Fsp3) is 0.333. The number of alkyl halides is 3. The quantitative estimate of drug-likeness (QED) is 0.733. The molecule has 0 saturated carbocycles. The predicted octanol–water partition coefficient (Wildman–Crippen LogP) is 4.98. The zero-order valence-electron chi connectivity index (χ0n) is 16.6. The van der Waals surface area contributed by atoms with Gasteiger partial charge in [0.2, 0.25) is 5.91 Å². The van der Waals surface area contributed by atoms with E-state index in [2.05, 4.69) is 31.4 Å². The van der Waals surface area contributed by atoms with Gasteiger partial charge in [0, 0.05) is 6.92 Å². The summed E-state index contributed by atoms with van der Waals surface area (Å²) in [5, 5.41) is 4.75. The van der Waals surface area contributed by atoms with E-state index in [9.17, 15) is 22.8 Å². The third-order valence-corrected chi connectivity index (χ3v) is 4.02. The molecule has 2 amide bonds. The Balaban J connectivity index is 2.09. The second kappa shape index (κ2) is 8.55. The SMILES string of the molecule is CC(=O)Nc1ccc(C(F)(F)F)cc1NC(=O)COc1ccc(C(C)(C)C)cc1. The van der Waals surface area contributed by atoms with Gasteiger partial charge in [-0.25, -0.2) is 0 Å². The molecule has 0 aliphatic carbocycles. The van der Waals surface area contributed by atoms with Crippen LogP contribution in [-0.4, -0.2) is 18.4 Å². The topological polar surface area (TPSA) is 67.4 Å². The highest BCUT2D eigenvalue weighted by molar-refractivity contribution is 5.99. The fourth-order valence-electron chi connectivity index (χ4n) is 2.51. The maximum absolute atomic E-state index is 13.0. The van der Waals surface area contributed by atoms with Gasteiger partial charge in [0.1, 0.15) is 5.75 Å². The molecule has 0 atom stereocenters. The van der Waals surface area contributed by atoms with Crippen LogP contribution in [0.4, 0.5) is 24.5 Å². The second-order valence-corrected chi connectivity index (χ2v) is 7.55. The van der Waals surface area contributed by atoms with Gasteiger partial charge < -0.3 is 15.4 Å². The Hall–Kier alpha value is -3.03. The van der Waals surface area contributed by atoms with Crippen molar-refractivity contribution in [2.45, 2.75) is 39.3 Å². The first kappa shape index (κ1) is 22.3. The molecule has 29 heavy (non-hydrogen) atoms. The summed E-state index contributed by atoms with van der Waals surface area (Å²) in [6, 6.07) is 9.90. The number of amides is 2. The van der Waals surface area contributed by atoms with E-state index in [0.717, 1.165) is 23.8 Å². The number of carbonyl (C=O) groups excluding carboxylic acids is 2. The highest BCUT2D eigenvalue weighted by Gasteiger charge is 2.31. The van der Waals surface area contributed by atoms with Crippen LogP contribution in [0.25, 0.3) is 0 Å². The summed E-state index contributed by atoms with van der Waals surface area (Å²) >= 11 is 0. The lowest BCUT2D eigenvalue weighted by atomic mass is 9.87. The molecule has 8 heteroatoms. The van der Waals surface area contributed by atoms with E-state index < -0.39 is 30.2 Å². The van der Waals surface area contributed by atoms with Crippen molar-refractivity contribution in [1.82, 2.24) is 0 Å². The molecule has 0 fully saturated rings. The molecule has 0 saturated heterocycles. The Labute approximate surface area is 167 Å². The average Bonchev–Trinajstić information content (AvgIpc) is 2.59.